The highest BCUT2D eigenvalue weighted by molar-refractivity contribution is 5.27. The number of hydroxylamine groups is 1. The summed E-state index contributed by atoms with van der Waals surface area (Å²) in [7, 11) is 0. The van der Waals surface area contributed by atoms with Gasteiger partial charge in [-0.25, -0.2) is 0 Å². The molecule has 1 N–H and O–H groups in total. The molecule has 0 spiro atoms. The number of nitrogens with zero attached hydrogens (tertiary/aromatic N) is 2. The van der Waals surface area contributed by atoms with Crippen molar-refractivity contribution in [3.05, 3.63) is 48.3 Å². The maximum absolute atomic E-state index is 5.36. The van der Waals surface area contributed by atoms with Gasteiger partial charge < -0.3 is 4.84 Å². The third-order valence-electron chi connectivity index (χ3n) is 2.37. The van der Waals surface area contributed by atoms with Gasteiger partial charge in [-0.3, -0.25) is 4.68 Å². The Kier molecular flexibility index (Phi) is 4.16. The molecule has 4 heteroatoms. The number of rotatable bonds is 6. The fraction of sp³-hybridized carbons (Fsp3) is 0.308. The van der Waals surface area contributed by atoms with Crippen LogP contribution in [0.15, 0.2) is 42.7 Å². The summed E-state index contributed by atoms with van der Waals surface area (Å²) in [5, 5.41) is 4.17. The monoisotopic (exact) mass is 231 g/mol. The predicted molar refractivity (Wildman–Crippen MR) is 66.7 cm³/mol. The van der Waals surface area contributed by atoms with Crippen LogP contribution in [-0.4, -0.2) is 16.3 Å². The SMILES string of the molecule is CCCNOc1ccc(Cn2cccn2)cc1. The first-order valence-electron chi connectivity index (χ1n) is 5.84. The molecule has 0 aliphatic carbocycles. The van der Waals surface area contributed by atoms with Crippen LogP contribution in [0, 0.1) is 0 Å². The van der Waals surface area contributed by atoms with Crippen molar-refractivity contribution in [2.75, 3.05) is 6.54 Å². The fourth-order valence-corrected chi connectivity index (χ4v) is 1.48. The third kappa shape index (κ3) is 3.60. The molecule has 1 aromatic carbocycles. The summed E-state index contributed by atoms with van der Waals surface area (Å²) in [6.45, 7) is 3.74. The Balaban J connectivity index is 1.89. The second kappa shape index (κ2) is 6.06. The van der Waals surface area contributed by atoms with Crippen molar-refractivity contribution in [2.24, 2.45) is 0 Å². The molecule has 0 saturated carbocycles. The summed E-state index contributed by atoms with van der Waals surface area (Å²) in [6.07, 6.45) is 4.79. The van der Waals surface area contributed by atoms with Crippen LogP contribution in [0.2, 0.25) is 0 Å². The van der Waals surface area contributed by atoms with Gasteiger partial charge in [-0.2, -0.15) is 10.6 Å². The molecule has 0 fully saturated rings. The van der Waals surface area contributed by atoms with Crippen molar-refractivity contribution >= 4 is 0 Å². The fourth-order valence-electron chi connectivity index (χ4n) is 1.48. The maximum Gasteiger partial charge on any atom is 0.147 e. The van der Waals surface area contributed by atoms with Crippen molar-refractivity contribution in [1.29, 1.82) is 0 Å². The van der Waals surface area contributed by atoms with Gasteiger partial charge in [-0.15, -0.1) is 0 Å². The zero-order chi connectivity index (χ0) is 11.9. The lowest BCUT2D eigenvalue weighted by atomic mass is 10.2. The van der Waals surface area contributed by atoms with E-state index in [9.17, 15) is 0 Å². The molecular weight excluding hydrogens is 214 g/mol. The Labute approximate surface area is 101 Å². The van der Waals surface area contributed by atoms with Gasteiger partial charge in [-0.1, -0.05) is 19.1 Å². The Morgan fingerprint density at radius 1 is 1.29 bits per heavy atom. The van der Waals surface area contributed by atoms with Gasteiger partial charge in [0, 0.05) is 18.9 Å². The van der Waals surface area contributed by atoms with Crippen LogP contribution < -0.4 is 10.3 Å². The first-order valence-corrected chi connectivity index (χ1v) is 5.84. The molecule has 90 valence electrons. The van der Waals surface area contributed by atoms with E-state index in [1.807, 2.05) is 41.2 Å². The van der Waals surface area contributed by atoms with E-state index in [0.29, 0.717) is 0 Å². The summed E-state index contributed by atoms with van der Waals surface area (Å²) in [5.74, 6) is 0.836. The molecular formula is C13H17N3O. The number of nitrogens with one attached hydrogen (secondary N) is 1. The van der Waals surface area contributed by atoms with Crippen molar-refractivity contribution in [2.45, 2.75) is 19.9 Å². The summed E-state index contributed by atoms with van der Waals surface area (Å²) in [6, 6.07) is 9.93. The minimum Gasteiger partial charge on any atom is -0.409 e. The van der Waals surface area contributed by atoms with Gasteiger partial charge in [0.25, 0.3) is 0 Å². The Morgan fingerprint density at radius 3 is 2.76 bits per heavy atom. The lowest BCUT2D eigenvalue weighted by Crippen LogP contribution is -2.18. The van der Waals surface area contributed by atoms with Crippen molar-refractivity contribution < 1.29 is 4.84 Å². The highest BCUT2D eigenvalue weighted by atomic mass is 16.6. The second-order valence-corrected chi connectivity index (χ2v) is 3.84. The highest BCUT2D eigenvalue weighted by Gasteiger charge is 1.97. The van der Waals surface area contributed by atoms with E-state index in [0.717, 1.165) is 25.3 Å². The van der Waals surface area contributed by atoms with Gasteiger partial charge in [0.2, 0.25) is 0 Å². The molecule has 17 heavy (non-hydrogen) atoms. The Morgan fingerprint density at radius 2 is 2.12 bits per heavy atom. The summed E-state index contributed by atoms with van der Waals surface area (Å²) in [5.41, 5.74) is 4.10. The van der Waals surface area contributed by atoms with Crippen LogP contribution in [0.1, 0.15) is 18.9 Å². The molecule has 0 amide bonds. The lowest BCUT2D eigenvalue weighted by molar-refractivity contribution is 0.196. The topological polar surface area (TPSA) is 39.1 Å². The van der Waals surface area contributed by atoms with Crippen molar-refractivity contribution in [1.82, 2.24) is 15.3 Å². The number of aromatic nitrogens is 2. The summed E-state index contributed by atoms with van der Waals surface area (Å²) in [4.78, 5) is 5.36. The van der Waals surface area contributed by atoms with Crippen LogP contribution in [-0.2, 0) is 6.54 Å². The predicted octanol–water partition coefficient (Wildman–Crippen LogP) is 2.22. The largest absolute Gasteiger partial charge is 0.409 e. The van der Waals surface area contributed by atoms with E-state index in [1.54, 1.807) is 6.20 Å². The van der Waals surface area contributed by atoms with Gasteiger partial charge >= 0.3 is 0 Å². The van der Waals surface area contributed by atoms with Crippen molar-refractivity contribution in [3.8, 4) is 5.75 Å². The average Bonchev–Trinajstić information content (AvgIpc) is 2.85. The molecule has 0 atom stereocenters. The second-order valence-electron chi connectivity index (χ2n) is 3.84. The Bertz CT molecular complexity index is 422. The number of hydrogen-bond donors (Lipinski definition) is 1. The Hall–Kier alpha value is -1.81. The number of hydrogen-bond acceptors (Lipinski definition) is 3. The van der Waals surface area contributed by atoms with Crippen LogP contribution in [0.5, 0.6) is 5.75 Å². The molecule has 1 heterocycles. The summed E-state index contributed by atoms with van der Waals surface area (Å²) >= 11 is 0. The van der Waals surface area contributed by atoms with E-state index in [1.165, 1.54) is 5.56 Å². The minimum atomic E-state index is 0.787. The zero-order valence-corrected chi connectivity index (χ0v) is 9.97. The van der Waals surface area contributed by atoms with E-state index in [4.69, 9.17) is 4.84 Å². The van der Waals surface area contributed by atoms with Crippen LogP contribution in [0.4, 0.5) is 0 Å². The van der Waals surface area contributed by atoms with E-state index < -0.39 is 0 Å². The maximum atomic E-state index is 5.36. The average molecular weight is 231 g/mol. The molecule has 0 aliphatic heterocycles. The van der Waals surface area contributed by atoms with E-state index in [-0.39, 0.29) is 0 Å². The highest BCUT2D eigenvalue weighted by Crippen LogP contribution is 2.11. The zero-order valence-electron chi connectivity index (χ0n) is 9.97. The third-order valence-corrected chi connectivity index (χ3v) is 2.37. The first kappa shape index (κ1) is 11.7. The molecule has 4 nitrogen and oxygen atoms in total. The minimum absolute atomic E-state index is 0.787. The molecule has 0 radical (unpaired) electrons. The smallest absolute Gasteiger partial charge is 0.147 e. The van der Waals surface area contributed by atoms with E-state index >= 15 is 0 Å². The van der Waals surface area contributed by atoms with Crippen LogP contribution >= 0.6 is 0 Å². The molecule has 1 aromatic heterocycles. The molecule has 2 aromatic rings. The standard InChI is InChI=1S/C13H17N3O/c1-2-8-15-17-13-6-4-12(5-7-13)11-16-10-3-9-14-16/h3-7,9-10,15H,2,8,11H2,1H3. The van der Waals surface area contributed by atoms with Gasteiger partial charge in [0.1, 0.15) is 5.75 Å². The van der Waals surface area contributed by atoms with Gasteiger partial charge in [0.15, 0.2) is 0 Å². The molecule has 0 unspecified atom stereocenters. The lowest BCUT2D eigenvalue weighted by Gasteiger charge is -2.07. The van der Waals surface area contributed by atoms with Crippen LogP contribution in [0.3, 0.4) is 0 Å². The molecule has 0 saturated heterocycles. The first-order chi connectivity index (χ1) is 8.38. The van der Waals surface area contributed by atoms with Crippen molar-refractivity contribution in [3.63, 3.8) is 0 Å². The summed E-state index contributed by atoms with van der Waals surface area (Å²) < 4.78 is 1.89. The van der Waals surface area contributed by atoms with Gasteiger partial charge in [0.05, 0.1) is 6.54 Å². The molecule has 0 bridgehead atoms. The van der Waals surface area contributed by atoms with Crippen LogP contribution in [0.25, 0.3) is 0 Å². The molecule has 0 aliphatic rings. The normalized spacial score (nSPS) is 10.4. The van der Waals surface area contributed by atoms with E-state index in [2.05, 4.69) is 17.5 Å². The van der Waals surface area contributed by atoms with Gasteiger partial charge in [-0.05, 0) is 30.2 Å². The number of benzene rings is 1. The molecule has 2 rings (SSSR count). The quantitative estimate of drug-likeness (QED) is 0.612.